The van der Waals surface area contributed by atoms with Crippen molar-refractivity contribution >= 4 is 11.7 Å². The molecule has 0 fully saturated rings. The summed E-state index contributed by atoms with van der Waals surface area (Å²) in [6, 6.07) is 5.46. The number of aromatic hydroxyl groups is 1. The van der Waals surface area contributed by atoms with Gasteiger partial charge >= 0.3 is 5.97 Å². The van der Waals surface area contributed by atoms with Gasteiger partial charge in [0.25, 0.3) is 5.69 Å². The summed E-state index contributed by atoms with van der Waals surface area (Å²) in [6.07, 6.45) is 1.07. The van der Waals surface area contributed by atoms with Crippen molar-refractivity contribution in [1.29, 1.82) is 0 Å². The summed E-state index contributed by atoms with van der Waals surface area (Å²) in [5.41, 5.74) is -0.382. The molecule has 2 N–H and O–H groups in total. The van der Waals surface area contributed by atoms with Crippen LogP contribution in [0.2, 0.25) is 0 Å². The van der Waals surface area contributed by atoms with E-state index in [4.69, 9.17) is 5.11 Å². The zero-order chi connectivity index (χ0) is 13.3. The average Bonchev–Trinajstić information content (AvgIpc) is 2.71. The molecule has 8 heteroatoms. The van der Waals surface area contributed by atoms with E-state index < -0.39 is 22.3 Å². The minimum Gasteiger partial charge on any atom is -0.504 e. The molecule has 0 spiro atoms. The van der Waals surface area contributed by atoms with Gasteiger partial charge in [0.2, 0.25) is 5.69 Å². The Kier molecular flexibility index (Phi) is 2.68. The number of nitrogens with zero attached hydrogens (tertiary/aromatic N) is 3. The second kappa shape index (κ2) is 4.17. The average molecular weight is 249 g/mol. The molecule has 1 aromatic heterocycles. The number of carbonyl (C=O) groups is 1. The fraction of sp³-hybridized carbons (Fsp3) is 0. The Labute approximate surface area is 99.9 Å². The molecule has 0 unspecified atom stereocenters. The normalized spacial score (nSPS) is 10.2. The standard InChI is InChI=1S/C10H7N3O5/c14-8-5-12(11-9(8)10(15)16)6-2-1-3-7(4-6)13(17)18/h1-5,14H,(H,15,16). The third-order valence-electron chi connectivity index (χ3n) is 2.20. The molecule has 92 valence electrons. The summed E-state index contributed by atoms with van der Waals surface area (Å²) in [5.74, 6) is -1.88. The SMILES string of the molecule is O=C(O)c1nn(-c2cccc([N+](=O)[O-])c2)cc1O. The van der Waals surface area contributed by atoms with E-state index in [1.807, 2.05) is 0 Å². The predicted molar refractivity (Wildman–Crippen MR) is 58.8 cm³/mol. The van der Waals surface area contributed by atoms with Crippen LogP contribution in [0.3, 0.4) is 0 Å². The Hall–Kier alpha value is -2.90. The molecule has 0 radical (unpaired) electrons. The van der Waals surface area contributed by atoms with E-state index in [0.717, 1.165) is 10.9 Å². The van der Waals surface area contributed by atoms with Gasteiger partial charge in [-0.05, 0) is 6.07 Å². The molecule has 0 saturated carbocycles. The molecule has 0 atom stereocenters. The van der Waals surface area contributed by atoms with Crippen molar-refractivity contribution in [3.8, 4) is 11.4 Å². The van der Waals surface area contributed by atoms with Crippen LogP contribution in [0.4, 0.5) is 5.69 Å². The number of carboxylic acids is 1. The molecule has 0 aliphatic rings. The summed E-state index contributed by atoms with van der Waals surface area (Å²) >= 11 is 0. The molecule has 8 nitrogen and oxygen atoms in total. The molecule has 1 aromatic carbocycles. The van der Waals surface area contributed by atoms with Crippen LogP contribution in [-0.2, 0) is 0 Å². The molecule has 2 aromatic rings. The van der Waals surface area contributed by atoms with E-state index in [1.165, 1.54) is 24.3 Å². The minimum atomic E-state index is -1.38. The van der Waals surface area contributed by atoms with Gasteiger partial charge in [0.15, 0.2) is 5.75 Å². The van der Waals surface area contributed by atoms with Crippen molar-refractivity contribution < 1.29 is 19.9 Å². The largest absolute Gasteiger partial charge is 0.504 e. The Bertz CT molecular complexity index is 634. The number of carboxylic acid groups (broad SMARTS) is 1. The molecule has 2 rings (SSSR count). The molecule has 0 saturated heterocycles. The summed E-state index contributed by atoms with van der Waals surface area (Å²) in [6.45, 7) is 0. The quantitative estimate of drug-likeness (QED) is 0.622. The number of benzene rings is 1. The molecule has 0 aliphatic carbocycles. The smallest absolute Gasteiger partial charge is 0.360 e. The highest BCUT2D eigenvalue weighted by Crippen LogP contribution is 2.20. The fourth-order valence-corrected chi connectivity index (χ4v) is 1.40. The highest BCUT2D eigenvalue weighted by atomic mass is 16.6. The number of rotatable bonds is 3. The number of hydrogen-bond acceptors (Lipinski definition) is 5. The van der Waals surface area contributed by atoms with Gasteiger partial charge in [0.1, 0.15) is 0 Å². The zero-order valence-corrected chi connectivity index (χ0v) is 8.85. The van der Waals surface area contributed by atoms with Gasteiger partial charge in [-0.15, -0.1) is 0 Å². The molecule has 0 amide bonds. The molecule has 0 bridgehead atoms. The maximum Gasteiger partial charge on any atom is 0.360 e. The van der Waals surface area contributed by atoms with Gasteiger partial charge < -0.3 is 10.2 Å². The highest BCUT2D eigenvalue weighted by Gasteiger charge is 2.16. The first-order chi connectivity index (χ1) is 8.49. The van der Waals surface area contributed by atoms with E-state index >= 15 is 0 Å². The molecule has 18 heavy (non-hydrogen) atoms. The van der Waals surface area contributed by atoms with Crippen molar-refractivity contribution in [2.45, 2.75) is 0 Å². The van der Waals surface area contributed by atoms with E-state index in [1.54, 1.807) is 0 Å². The third-order valence-corrected chi connectivity index (χ3v) is 2.20. The lowest BCUT2D eigenvalue weighted by Crippen LogP contribution is -2.01. The number of hydrogen-bond donors (Lipinski definition) is 2. The van der Waals surface area contributed by atoms with Crippen molar-refractivity contribution in [2.75, 3.05) is 0 Å². The lowest BCUT2D eigenvalue weighted by molar-refractivity contribution is -0.384. The van der Waals surface area contributed by atoms with Crippen LogP contribution in [0.5, 0.6) is 5.75 Å². The third kappa shape index (κ3) is 1.98. The Morgan fingerprint density at radius 1 is 1.44 bits per heavy atom. The minimum absolute atomic E-state index is 0.153. The van der Waals surface area contributed by atoms with E-state index in [9.17, 15) is 20.0 Å². The zero-order valence-electron chi connectivity index (χ0n) is 8.85. The number of nitro benzene ring substituents is 1. The van der Waals surface area contributed by atoms with Crippen LogP contribution in [0, 0.1) is 10.1 Å². The number of aromatic nitrogens is 2. The van der Waals surface area contributed by atoms with Gasteiger partial charge in [-0.2, -0.15) is 5.10 Å². The van der Waals surface area contributed by atoms with Gasteiger partial charge in [0, 0.05) is 12.1 Å². The molecule has 1 heterocycles. The monoisotopic (exact) mass is 249 g/mol. The van der Waals surface area contributed by atoms with Crippen molar-refractivity contribution in [1.82, 2.24) is 9.78 Å². The first-order valence-electron chi connectivity index (χ1n) is 4.76. The summed E-state index contributed by atoms with van der Waals surface area (Å²) < 4.78 is 1.06. The van der Waals surface area contributed by atoms with Crippen LogP contribution >= 0.6 is 0 Å². The Morgan fingerprint density at radius 2 is 2.17 bits per heavy atom. The second-order valence-corrected chi connectivity index (χ2v) is 3.39. The van der Waals surface area contributed by atoms with Crippen LogP contribution in [0.25, 0.3) is 5.69 Å². The van der Waals surface area contributed by atoms with Gasteiger partial charge in [-0.3, -0.25) is 10.1 Å². The predicted octanol–water partition coefficient (Wildman–Crippen LogP) is 1.18. The van der Waals surface area contributed by atoms with Gasteiger partial charge in [-0.25, -0.2) is 9.48 Å². The summed E-state index contributed by atoms with van der Waals surface area (Å²) in [4.78, 5) is 20.7. The van der Waals surface area contributed by atoms with Crippen molar-refractivity contribution in [3.63, 3.8) is 0 Å². The van der Waals surface area contributed by atoms with Crippen LogP contribution in [0.15, 0.2) is 30.5 Å². The first-order valence-corrected chi connectivity index (χ1v) is 4.76. The Morgan fingerprint density at radius 3 is 2.72 bits per heavy atom. The number of nitro groups is 1. The molecular weight excluding hydrogens is 242 g/mol. The summed E-state index contributed by atoms with van der Waals surface area (Å²) in [5, 5.41) is 32.3. The lowest BCUT2D eigenvalue weighted by Gasteiger charge is -1.99. The van der Waals surface area contributed by atoms with Gasteiger partial charge in [-0.1, -0.05) is 6.07 Å². The van der Waals surface area contributed by atoms with E-state index in [2.05, 4.69) is 5.10 Å². The molecular formula is C10H7N3O5. The maximum atomic E-state index is 10.7. The van der Waals surface area contributed by atoms with E-state index in [-0.39, 0.29) is 11.4 Å². The fourth-order valence-electron chi connectivity index (χ4n) is 1.40. The van der Waals surface area contributed by atoms with Crippen LogP contribution in [-0.4, -0.2) is 30.9 Å². The van der Waals surface area contributed by atoms with Crippen molar-refractivity contribution in [2.24, 2.45) is 0 Å². The molecule has 0 aliphatic heterocycles. The first kappa shape index (κ1) is 11.6. The highest BCUT2D eigenvalue weighted by molar-refractivity contribution is 5.88. The van der Waals surface area contributed by atoms with Crippen LogP contribution in [0.1, 0.15) is 10.5 Å². The Balaban J connectivity index is 2.49. The topological polar surface area (TPSA) is 118 Å². The second-order valence-electron chi connectivity index (χ2n) is 3.39. The van der Waals surface area contributed by atoms with Crippen LogP contribution < -0.4 is 0 Å². The van der Waals surface area contributed by atoms with E-state index in [0.29, 0.717) is 0 Å². The summed E-state index contributed by atoms with van der Waals surface area (Å²) in [7, 11) is 0. The van der Waals surface area contributed by atoms with Crippen molar-refractivity contribution in [3.05, 3.63) is 46.3 Å². The number of non-ortho nitro benzene ring substituents is 1. The maximum absolute atomic E-state index is 10.7. The number of aromatic carboxylic acids is 1. The van der Waals surface area contributed by atoms with Gasteiger partial charge in [0.05, 0.1) is 16.8 Å². The lowest BCUT2D eigenvalue weighted by atomic mass is 10.3.